The molecule has 0 atom stereocenters. The molecule has 0 saturated heterocycles. The number of ether oxygens (including phenoxy) is 1. The van der Waals surface area contributed by atoms with E-state index in [4.69, 9.17) is 4.74 Å². The zero-order valence-electron chi connectivity index (χ0n) is 16.3. The van der Waals surface area contributed by atoms with Crippen LogP contribution in [0.2, 0.25) is 0 Å². The van der Waals surface area contributed by atoms with Crippen LogP contribution in [0.25, 0.3) is 10.2 Å². The summed E-state index contributed by atoms with van der Waals surface area (Å²) in [6.07, 6.45) is 5.04. The molecule has 0 aliphatic rings. The molecule has 0 aliphatic carbocycles. The van der Waals surface area contributed by atoms with Crippen molar-refractivity contribution in [2.45, 2.75) is 27.4 Å². The number of fused-ring (bicyclic) bond motifs is 1. The number of aromatic nitrogens is 4. The highest BCUT2D eigenvalue weighted by Gasteiger charge is 2.20. The van der Waals surface area contributed by atoms with Crippen molar-refractivity contribution in [3.05, 3.63) is 70.4 Å². The molecule has 0 bridgehead atoms. The smallest absolute Gasteiger partial charge is 0.267 e. The van der Waals surface area contributed by atoms with E-state index in [-0.39, 0.29) is 5.91 Å². The van der Waals surface area contributed by atoms with Crippen LogP contribution in [0.4, 0.5) is 5.82 Å². The number of rotatable bonds is 5. The van der Waals surface area contributed by atoms with Gasteiger partial charge >= 0.3 is 0 Å². The second-order valence-corrected chi connectivity index (χ2v) is 7.54. The van der Waals surface area contributed by atoms with E-state index in [0.29, 0.717) is 28.9 Å². The van der Waals surface area contributed by atoms with E-state index in [2.05, 4.69) is 25.3 Å². The van der Waals surface area contributed by atoms with E-state index in [1.807, 2.05) is 32.9 Å². The van der Waals surface area contributed by atoms with Gasteiger partial charge in [-0.1, -0.05) is 0 Å². The number of hydrogen-bond donors (Lipinski definition) is 1. The van der Waals surface area contributed by atoms with Crippen molar-refractivity contribution in [2.75, 3.05) is 5.32 Å². The lowest BCUT2D eigenvalue weighted by Gasteiger charge is -2.11. The van der Waals surface area contributed by atoms with Gasteiger partial charge in [0.15, 0.2) is 11.6 Å². The summed E-state index contributed by atoms with van der Waals surface area (Å²) < 4.78 is 5.86. The molecule has 0 aromatic carbocycles. The number of carbonyl (C=O) groups excluding carboxylic acids is 1. The molecule has 4 rings (SSSR count). The van der Waals surface area contributed by atoms with E-state index >= 15 is 0 Å². The molecule has 0 fully saturated rings. The second kappa shape index (κ2) is 7.92. The van der Waals surface area contributed by atoms with E-state index in [0.717, 1.165) is 27.0 Å². The molecule has 1 N–H and O–H groups in total. The quantitative estimate of drug-likeness (QED) is 0.534. The van der Waals surface area contributed by atoms with Gasteiger partial charge in [0.1, 0.15) is 17.3 Å². The summed E-state index contributed by atoms with van der Waals surface area (Å²) >= 11 is 1.36. The molecule has 0 aliphatic heterocycles. The van der Waals surface area contributed by atoms with E-state index in [9.17, 15) is 4.79 Å². The van der Waals surface area contributed by atoms with Crippen molar-refractivity contribution in [1.29, 1.82) is 0 Å². The highest BCUT2D eigenvalue weighted by molar-refractivity contribution is 7.20. The Morgan fingerprint density at radius 3 is 2.69 bits per heavy atom. The molecule has 0 spiro atoms. The van der Waals surface area contributed by atoms with Gasteiger partial charge in [-0.3, -0.25) is 9.78 Å². The van der Waals surface area contributed by atoms with Gasteiger partial charge in [0, 0.05) is 29.7 Å². The van der Waals surface area contributed by atoms with Crippen LogP contribution < -0.4 is 10.1 Å². The molecule has 1 amide bonds. The van der Waals surface area contributed by atoms with Gasteiger partial charge in [-0.2, -0.15) is 0 Å². The van der Waals surface area contributed by atoms with Crippen LogP contribution in [0.15, 0.2) is 42.9 Å². The molecule has 7 nitrogen and oxygen atoms in total. The maximum Gasteiger partial charge on any atom is 0.267 e. The fourth-order valence-corrected chi connectivity index (χ4v) is 4.27. The minimum atomic E-state index is -0.241. The third kappa shape index (κ3) is 3.93. The Morgan fingerprint density at radius 1 is 1.10 bits per heavy atom. The topological polar surface area (TPSA) is 89.9 Å². The number of anilines is 1. The monoisotopic (exact) mass is 405 g/mol. The Kier molecular flexibility index (Phi) is 5.18. The van der Waals surface area contributed by atoms with Gasteiger partial charge in [0.05, 0.1) is 4.88 Å². The summed E-state index contributed by atoms with van der Waals surface area (Å²) in [5.74, 6) is 1.33. The van der Waals surface area contributed by atoms with Crippen LogP contribution in [0.3, 0.4) is 0 Å². The number of carbonyl (C=O) groups is 1. The van der Waals surface area contributed by atoms with E-state index < -0.39 is 0 Å². The molecule has 0 saturated carbocycles. The van der Waals surface area contributed by atoms with Gasteiger partial charge in [-0.15, -0.1) is 11.3 Å². The average molecular weight is 405 g/mol. The predicted molar refractivity (Wildman–Crippen MR) is 112 cm³/mol. The minimum absolute atomic E-state index is 0.241. The van der Waals surface area contributed by atoms with Gasteiger partial charge in [0.25, 0.3) is 5.91 Å². The maximum absolute atomic E-state index is 13.0. The Labute approximate surface area is 171 Å². The zero-order chi connectivity index (χ0) is 20.4. The number of hydrogen-bond acceptors (Lipinski definition) is 7. The number of aryl methyl sites for hydroxylation is 3. The first-order valence-electron chi connectivity index (χ1n) is 9.05. The van der Waals surface area contributed by atoms with Crippen LogP contribution in [0.5, 0.6) is 5.75 Å². The molecule has 0 unspecified atom stereocenters. The van der Waals surface area contributed by atoms with Gasteiger partial charge in [0.2, 0.25) is 0 Å². The summed E-state index contributed by atoms with van der Waals surface area (Å²) in [4.78, 5) is 31.5. The minimum Gasteiger partial charge on any atom is -0.485 e. The molecule has 0 radical (unpaired) electrons. The van der Waals surface area contributed by atoms with Crippen molar-refractivity contribution in [3.8, 4) is 5.75 Å². The van der Waals surface area contributed by atoms with Crippen molar-refractivity contribution >= 4 is 33.3 Å². The Hall–Kier alpha value is -3.39. The molecule has 8 heteroatoms. The number of nitrogens with zero attached hydrogens (tertiary/aromatic N) is 4. The SMILES string of the molecule is Cc1nc(C)c2c(C)c(C(=O)Nc3ncccc3OCc3ccncc3)sc2n1. The van der Waals surface area contributed by atoms with Crippen molar-refractivity contribution in [3.63, 3.8) is 0 Å². The Bertz CT molecular complexity index is 1190. The van der Waals surface area contributed by atoms with Crippen LogP contribution in [-0.2, 0) is 6.61 Å². The summed E-state index contributed by atoms with van der Waals surface area (Å²) in [6, 6.07) is 7.30. The summed E-state index contributed by atoms with van der Waals surface area (Å²) in [5, 5.41) is 3.81. The first-order valence-corrected chi connectivity index (χ1v) is 9.87. The standard InChI is InChI=1S/C21H19N5O2S/c1-12-17-13(2)24-14(3)25-21(17)29-18(12)20(27)26-19-16(5-4-8-23-19)28-11-15-6-9-22-10-7-15/h4-10H,11H2,1-3H3,(H,23,26,27). The van der Waals surface area contributed by atoms with E-state index in [1.54, 1.807) is 30.7 Å². The molecule has 4 aromatic rings. The van der Waals surface area contributed by atoms with Crippen LogP contribution >= 0.6 is 11.3 Å². The van der Waals surface area contributed by atoms with Crippen molar-refractivity contribution in [1.82, 2.24) is 19.9 Å². The highest BCUT2D eigenvalue weighted by atomic mass is 32.1. The highest BCUT2D eigenvalue weighted by Crippen LogP contribution is 2.32. The Morgan fingerprint density at radius 2 is 1.90 bits per heavy atom. The summed E-state index contributed by atoms with van der Waals surface area (Å²) in [7, 11) is 0. The van der Waals surface area contributed by atoms with Gasteiger partial charge in [-0.25, -0.2) is 15.0 Å². The van der Waals surface area contributed by atoms with Crippen LogP contribution in [0, 0.1) is 20.8 Å². The third-order valence-corrected chi connectivity index (χ3v) is 5.62. The first-order chi connectivity index (χ1) is 14.0. The normalized spacial score (nSPS) is 10.9. The lowest BCUT2D eigenvalue weighted by Crippen LogP contribution is -2.13. The fraction of sp³-hybridized carbons (Fsp3) is 0.190. The second-order valence-electron chi connectivity index (χ2n) is 6.54. The summed E-state index contributed by atoms with van der Waals surface area (Å²) in [5.41, 5.74) is 2.72. The van der Waals surface area contributed by atoms with E-state index in [1.165, 1.54) is 11.3 Å². The number of amides is 1. The maximum atomic E-state index is 13.0. The summed E-state index contributed by atoms with van der Waals surface area (Å²) in [6.45, 7) is 6.05. The Balaban J connectivity index is 1.58. The number of nitrogens with one attached hydrogen (secondary N) is 1. The molecule has 146 valence electrons. The first kappa shape index (κ1) is 18.9. The third-order valence-electron chi connectivity index (χ3n) is 4.44. The molecular weight excluding hydrogens is 386 g/mol. The molecular formula is C21H19N5O2S. The average Bonchev–Trinajstić information content (AvgIpc) is 3.04. The lowest BCUT2D eigenvalue weighted by molar-refractivity contribution is 0.102. The molecule has 29 heavy (non-hydrogen) atoms. The lowest BCUT2D eigenvalue weighted by atomic mass is 10.1. The van der Waals surface area contributed by atoms with Gasteiger partial charge in [-0.05, 0) is 56.2 Å². The molecule has 4 heterocycles. The largest absolute Gasteiger partial charge is 0.485 e. The van der Waals surface area contributed by atoms with Crippen molar-refractivity contribution < 1.29 is 9.53 Å². The number of thiophene rings is 1. The predicted octanol–water partition coefficient (Wildman–Crippen LogP) is 4.24. The fourth-order valence-electron chi connectivity index (χ4n) is 3.10. The molecule has 4 aromatic heterocycles. The number of pyridine rings is 2. The zero-order valence-corrected chi connectivity index (χ0v) is 17.1. The van der Waals surface area contributed by atoms with Crippen LogP contribution in [-0.4, -0.2) is 25.8 Å². The van der Waals surface area contributed by atoms with Crippen molar-refractivity contribution in [2.24, 2.45) is 0 Å². The van der Waals surface area contributed by atoms with Crippen LogP contribution in [0.1, 0.15) is 32.3 Å². The van der Waals surface area contributed by atoms with Gasteiger partial charge < -0.3 is 10.1 Å².